The molecule has 0 amide bonds. The van der Waals surface area contributed by atoms with Crippen molar-refractivity contribution >= 4 is 0 Å². The smallest absolute Gasteiger partial charge is 0.0626 e. The molecule has 0 aliphatic heterocycles. The van der Waals surface area contributed by atoms with E-state index < -0.39 is 0 Å². The fraction of sp³-hybridized carbons (Fsp3) is 0.667. The monoisotopic (exact) mass is 275 g/mol. The SMILES string of the molecule is Cc1cc(C)c(C(CO)NC2CCCCCC2)cc1C. The predicted octanol–water partition coefficient (Wildman–Crippen LogP) is 3.96. The van der Waals surface area contributed by atoms with Crippen LogP contribution in [0.2, 0.25) is 0 Å². The van der Waals surface area contributed by atoms with Crippen molar-refractivity contribution in [3.63, 3.8) is 0 Å². The minimum absolute atomic E-state index is 0.0809. The molecule has 20 heavy (non-hydrogen) atoms. The minimum Gasteiger partial charge on any atom is -0.394 e. The summed E-state index contributed by atoms with van der Waals surface area (Å²) in [5.74, 6) is 0. The maximum absolute atomic E-state index is 9.80. The Morgan fingerprint density at radius 1 is 1.00 bits per heavy atom. The first kappa shape index (κ1) is 15.5. The van der Waals surface area contributed by atoms with E-state index in [0.29, 0.717) is 6.04 Å². The minimum atomic E-state index is 0.0809. The molecule has 112 valence electrons. The second-order valence-electron chi connectivity index (χ2n) is 6.38. The Labute approximate surface area is 123 Å². The van der Waals surface area contributed by atoms with E-state index in [9.17, 15) is 5.11 Å². The maximum Gasteiger partial charge on any atom is 0.0626 e. The van der Waals surface area contributed by atoms with Gasteiger partial charge in [-0.3, -0.25) is 0 Å². The molecule has 2 rings (SSSR count). The summed E-state index contributed by atoms with van der Waals surface area (Å²) in [4.78, 5) is 0. The number of aliphatic hydroxyl groups is 1. The summed E-state index contributed by atoms with van der Waals surface area (Å²) in [5, 5.41) is 13.5. The quantitative estimate of drug-likeness (QED) is 0.815. The van der Waals surface area contributed by atoms with Gasteiger partial charge in [0.25, 0.3) is 0 Å². The third-order valence-corrected chi connectivity index (χ3v) is 4.73. The van der Waals surface area contributed by atoms with Crippen LogP contribution in [0.5, 0.6) is 0 Å². The molecule has 0 aromatic heterocycles. The average molecular weight is 275 g/mol. The molecule has 1 aromatic carbocycles. The van der Waals surface area contributed by atoms with Gasteiger partial charge in [0, 0.05) is 6.04 Å². The van der Waals surface area contributed by atoms with Gasteiger partial charge in [-0.05, 0) is 55.9 Å². The maximum atomic E-state index is 9.80. The number of hydrogen-bond acceptors (Lipinski definition) is 2. The summed E-state index contributed by atoms with van der Waals surface area (Å²) in [6, 6.07) is 5.13. The number of aliphatic hydroxyl groups excluding tert-OH is 1. The third-order valence-electron chi connectivity index (χ3n) is 4.73. The van der Waals surface area contributed by atoms with Crippen molar-refractivity contribution < 1.29 is 5.11 Å². The Bertz CT molecular complexity index is 433. The first-order chi connectivity index (χ1) is 9.61. The van der Waals surface area contributed by atoms with Crippen LogP contribution in [-0.2, 0) is 0 Å². The summed E-state index contributed by atoms with van der Waals surface area (Å²) >= 11 is 0. The number of rotatable bonds is 4. The van der Waals surface area contributed by atoms with Crippen LogP contribution in [0.4, 0.5) is 0 Å². The predicted molar refractivity (Wildman–Crippen MR) is 85.1 cm³/mol. The van der Waals surface area contributed by atoms with E-state index in [1.54, 1.807) is 0 Å². The molecule has 0 spiro atoms. The van der Waals surface area contributed by atoms with Gasteiger partial charge >= 0.3 is 0 Å². The summed E-state index contributed by atoms with van der Waals surface area (Å²) in [7, 11) is 0. The van der Waals surface area contributed by atoms with Crippen LogP contribution in [0, 0.1) is 20.8 Å². The second-order valence-corrected chi connectivity index (χ2v) is 6.38. The first-order valence-corrected chi connectivity index (χ1v) is 8.06. The van der Waals surface area contributed by atoms with Gasteiger partial charge < -0.3 is 10.4 Å². The first-order valence-electron chi connectivity index (χ1n) is 8.06. The van der Waals surface area contributed by atoms with Crippen LogP contribution in [0.3, 0.4) is 0 Å². The zero-order valence-corrected chi connectivity index (χ0v) is 13.2. The lowest BCUT2D eigenvalue weighted by molar-refractivity contribution is 0.228. The molecule has 0 radical (unpaired) electrons. The molecule has 0 heterocycles. The van der Waals surface area contributed by atoms with Crippen molar-refractivity contribution in [3.8, 4) is 0 Å². The van der Waals surface area contributed by atoms with Crippen molar-refractivity contribution in [3.05, 3.63) is 34.4 Å². The van der Waals surface area contributed by atoms with Gasteiger partial charge in [0.15, 0.2) is 0 Å². The highest BCUT2D eigenvalue weighted by atomic mass is 16.3. The lowest BCUT2D eigenvalue weighted by Gasteiger charge is -2.26. The van der Waals surface area contributed by atoms with Crippen molar-refractivity contribution in [2.45, 2.75) is 71.4 Å². The van der Waals surface area contributed by atoms with Crippen molar-refractivity contribution in [1.29, 1.82) is 0 Å². The average Bonchev–Trinajstić information content (AvgIpc) is 2.69. The van der Waals surface area contributed by atoms with Gasteiger partial charge in [-0.25, -0.2) is 0 Å². The van der Waals surface area contributed by atoms with E-state index in [2.05, 4.69) is 38.2 Å². The van der Waals surface area contributed by atoms with E-state index >= 15 is 0 Å². The van der Waals surface area contributed by atoms with Crippen molar-refractivity contribution in [2.75, 3.05) is 6.61 Å². The van der Waals surface area contributed by atoms with Gasteiger partial charge in [-0.1, -0.05) is 37.8 Å². The van der Waals surface area contributed by atoms with E-state index in [0.717, 1.165) is 0 Å². The lowest BCUT2D eigenvalue weighted by Crippen LogP contribution is -2.34. The van der Waals surface area contributed by atoms with Gasteiger partial charge in [0.2, 0.25) is 0 Å². The molecular weight excluding hydrogens is 246 g/mol. The highest BCUT2D eigenvalue weighted by Gasteiger charge is 2.19. The number of hydrogen-bond donors (Lipinski definition) is 2. The molecule has 1 unspecified atom stereocenters. The van der Waals surface area contributed by atoms with Crippen LogP contribution >= 0.6 is 0 Å². The highest BCUT2D eigenvalue weighted by Crippen LogP contribution is 2.25. The molecule has 1 aliphatic carbocycles. The standard InChI is InChI=1S/C18H29NO/c1-13-10-15(3)17(11-14(13)2)18(12-20)19-16-8-6-4-5-7-9-16/h10-11,16,18-20H,4-9,12H2,1-3H3. The molecule has 0 saturated heterocycles. The second kappa shape index (κ2) is 7.24. The molecular formula is C18H29NO. The molecule has 1 saturated carbocycles. The Kier molecular flexibility index (Phi) is 5.62. The Balaban J connectivity index is 2.13. The van der Waals surface area contributed by atoms with Crippen LogP contribution < -0.4 is 5.32 Å². The Morgan fingerprint density at radius 2 is 1.60 bits per heavy atom. The highest BCUT2D eigenvalue weighted by molar-refractivity contribution is 5.38. The zero-order chi connectivity index (χ0) is 14.5. The molecule has 2 nitrogen and oxygen atoms in total. The van der Waals surface area contributed by atoms with E-state index in [1.165, 1.54) is 60.8 Å². The van der Waals surface area contributed by atoms with Gasteiger partial charge in [-0.15, -0.1) is 0 Å². The largest absolute Gasteiger partial charge is 0.394 e. The Hall–Kier alpha value is -0.860. The topological polar surface area (TPSA) is 32.3 Å². The molecule has 1 aliphatic rings. The zero-order valence-electron chi connectivity index (χ0n) is 13.2. The van der Waals surface area contributed by atoms with Gasteiger partial charge in [0.1, 0.15) is 0 Å². The van der Waals surface area contributed by atoms with Crippen LogP contribution in [-0.4, -0.2) is 17.8 Å². The normalized spacial score (nSPS) is 18.8. The lowest BCUT2D eigenvalue weighted by atomic mass is 9.95. The molecule has 1 atom stereocenters. The Morgan fingerprint density at radius 3 is 2.20 bits per heavy atom. The fourth-order valence-corrected chi connectivity index (χ4v) is 3.33. The van der Waals surface area contributed by atoms with Gasteiger partial charge in [0.05, 0.1) is 12.6 Å². The molecule has 2 heteroatoms. The molecule has 2 N–H and O–H groups in total. The summed E-state index contributed by atoms with van der Waals surface area (Å²) < 4.78 is 0. The number of aryl methyl sites for hydroxylation is 3. The van der Waals surface area contributed by atoms with Crippen LogP contribution in [0.15, 0.2) is 12.1 Å². The molecule has 1 aromatic rings. The fourth-order valence-electron chi connectivity index (χ4n) is 3.33. The van der Waals surface area contributed by atoms with Crippen LogP contribution in [0.1, 0.15) is 66.8 Å². The van der Waals surface area contributed by atoms with Gasteiger partial charge in [-0.2, -0.15) is 0 Å². The number of nitrogens with one attached hydrogen (secondary N) is 1. The number of benzene rings is 1. The van der Waals surface area contributed by atoms with E-state index in [4.69, 9.17) is 0 Å². The third kappa shape index (κ3) is 3.83. The van der Waals surface area contributed by atoms with E-state index in [1.807, 2.05) is 0 Å². The van der Waals surface area contributed by atoms with Crippen molar-refractivity contribution in [1.82, 2.24) is 5.32 Å². The van der Waals surface area contributed by atoms with Crippen LogP contribution in [0.25, 0.3) is 0 Å². The summed E-state index contributed by atoms with van der Waals surface area (Å²) in [5.41, 5.74) is 5.19. The summed E-state index contributed by atoms with van der Waals surface area (Å²) in [6.45, 7) is 6.64. The molecule has 0 bridgehead atoms. The van der Waals surface area contributed by atoms with Crippen molar-refractivity contribution in [2.24, 2.45) is 0 Å². The molecule has 1 fully saturated rings. The summed E-state index contributed by atoms with van der Waals surface area (Å²) in [6.07, 6.45) is 7.87. The van der Waals surface area contributed by atoms with E-state index in [-0.39, 0.29) is 12.6 Å².